The van der Waals surface area contributed by atoms with Crippen LogP contribution < -0.4 is 15.4 Å². The zero-order valence-electron chi connectivity index (χ0n) is 11.4. The third kappa shape index (κ3) is 4.70. The van der Waals surface area contributed by atoms with Crippen LogP contribution in [-0.2, 0) is 0 Å². The molecule has 4 nitrogen and oxygen atoms in total. The molecule has 7 heteroatoms. The fourth-order valence-electron chi connectivity index (χ4n) is 1.66. The van der Waals surface area contributed by atoms with Crippen LogP contribution in [-0.4, -0.2) is 19.2 Å². The quantitative estimate of drug-likeness (QED) is 0.750. The number of amides is 2. The van der Waals surface area contributed by atoms with E-state index in [2.05, 4.69) is 10.6 Å². The summed E-state index contributed by atoms with van der Waals surface area (Å²) in [6.07, 6.45) is 0. The lowest BCUT2D eigenvalue weighted by atomic mass is 10.3. The van der Waals surface area contributed by atoms with Crippen molar-refractivity contribution in [2.24, 2.45) is 0 Å². The second kappa shape index (κ2) is 8.13. The summed E-state index contributed by atoms with van der Waals surface area (Å²) < 4.78 is 5.46. The number of anilines is 1. The van der Waals surface area contributed by atoms with Crippen molar-refractivity contribution in [3.8, 4) is 5.75 Å². The van der Waals surface area contributed by atoms with Gasteiger partial charge in [-0.2, -0.15) is 0 Å². The van der Waals surface area contributed by atoms with Gasteiger partial charge in [0.25, 0.3) is 0 Å². The third-order valence-corrected chi connectivity index (χ3v) is 3.63. The Bertz CT molecular complexity index is 645. The number of urea groups is 1. The number of rotatable bonds is 5. The van der Waals surface area contributed by atoms with Crippen molar-refractivity contribution in [3.63, 3.8) is 0 Å². The molecule has 0 atom stereocenters. The van der Waals surface area contributed by atoms with Gasteiger partial charge >= 0.3 is 6.03 Å². The molecule has 2 N–H and O–H groups in total. The molecule has 0 saturated carbocycles. The van der Waals surface area contributed by atoms with Gasteiger partial charge in [0.2, 0.25) is 0 Å². The second-order valence-electron chi connectivity index (χ2n) is 4.26. The number of hydrogen-bond donors (Lipinski definition) is 2. The van der Waals surface area contributed by atoms with Gasteiger partial charge in [-0.15, -0.1) is 0 Å². The van der Waals surface area contributed by atoms with Crippen molar-refractivity contribution >= 4 is 46.5 Å². The van der Waals surface area contributed by atoms with Crippen molar-refractivity contribution in [2.45, 2.75) is 0 Å². The smallest absolute Gasteiger partial charge is 0.319 e. The molecule has 116 valence electrons. The number of benzene rings is 2. The van der Waals surface area contributed by atoms with Crippen LogP contribution in [0.2, 0.25) is 15.1 Å². The van der Waals surface area contributed by atoms with Gasteiger partial charge < -0.3 is 15.4 Å². The minimum atomic E-state index is -0.419. The van der Waals surface area contributed by atoms with E-state index in [1.54, 1.807) is 30.3 Å². The van der Waals surface area contributed by atoms with E-state index < -0.39 is 6.03 Å². The minimum absolute atomic E-state index is 0.285. The third-order valence-electron chi connectivity index (χ3n) is 2.68. The van der Waals surface area contributed by atoms with Gasteiger partial charge in [0.05, 0.1) is 27.3 Å². The molecular weight excluding hydrogens is 347 g/mol. The zero-order valence-corrected chi connectivity index (χ0v) is 13.7. The molecule has 0 heterocycles. The van der Waals surface area contributed by atoms with Gasteiger partial charge in [-0.3, -0.25) is 0 Å². The summed E-state index contributed by atoms with van der Waals surface area (Å²) in [5, 5.41) is 6.50. The van der Waals surface area contributed by atoms with E-state index in [1.165, 1.54) is 0 Å². The Kier molecular flexibility index (Phi) is 6.19. The SMILES string of the molecule is O=C(NCCOc1ccccc1Cl)Nc1c(Cl)cccc1Cl. The van der Waals surface area contributed by atoms with Gasteiger partial charge in [0, 0.05) is 0 Å². The summed E-state index contributed by atoms with van der Waals surface area (Å²) in [4.78, 5) is 11.8. The fraction of sp³-hybridized carbons (Fsp3) is 0.133. The topological polar surface area (TPSA) is 50.4 Å². The normalized spacial score (nSPS) is 10.1. The minimum Gasteiger partial charge on any atom is -0.490 e. The molecule has 0 spiro atoms. The van der Waals surface area contributed by atoms with Gasteiger partial charge in [0.15, 0.2) is 0 Å². The second-order valence-corrected chi connectivity index (χ2v) is 5.48. The highest BCUT2D eigenvalue weighted by Gasteiger charge is 2.09. The summed E-state index contributed by atoms with van der Waals surface area (Å²) in [7, 11) is 0. The highest BCUT2D eigenvalue weighted by Crippen LogP contribution is 2.29. The van der Waals surface area contributed by atoms with E-state index in [0.717, 1.165) is 0 Å². The predicted molar refractivity (Wildman–Crippen MR) is 90.4 cm³/mol. The predicted octanol–water partition coefficient (Wildman–Crippen LogP) is 4.85. The first-order valence-corrected chi connectivity index (χ1v) is 7.57. The molecule has 0 fully saturated rings. The standard InChI is InChI=1S/C15H13Cl3N2O2/c16-10-4-1-2-7-13(10)22-9-8-19-15(21)20-14-11(17)5-3-6-12(14)18/h1-7H,8-9H2,(H2,19,20,21). The lowest BCUT2D eigenvalue weighted by molar-refractivity contribution is 0.247. The first-order valence-electron chi connectivity index (χ1n) is 6.44. The van der Waals surface area contributed by atoms with Gasteiger partial charge in [-0.05, 0) is 24.3 Å². The van der Waals surface area contributed by atoms with Crippen LogP contribution in [0.4, 0.5) is 10.5 Å². The van der Waals surface area contributed by atoms with Gasteiger partial charge in [-0.25, -0.2) is 4.79 Å². The van der Waals surface area contributed by atoms with Crippen molar-refractivity contribution in [3.05, 3.63) is 57.5 Å². The number of carbonyl (C=O) groups excluding carboxylic acids is 1. The number of nitrogens with one attached hydrogen (secondary N) is 2. The molecule has 2 amide bonds. The molecule has 0 aliphatic carbocycles. The van der Waals surface area contributed by atoms with Gasteiger partial charge in [-0.1, -0.05) is 53.0 Å². The highest BCUT2D eigenvalue weighted by molar-refractivity contribution is 6.39. The van der Waals surface area contributed by atoms with Crippen LogP contribution in [0, 0.1) is 0 Å². The number of hydrogen-bond acceptors (Lipinski definition) is 2. The molecule has 0 saturated heterocycles. The molecule has 0 aliphatic heterocycles. The largest absolute Gasteiger partial charge is 0.490 e. The highest BCUT2D eigenvalue weighted by atomic mass is 35.5. The number of ether oxygens (including phenoxy) is 1. The van der Waals surface area contributed by atoms with Gasteiger partial charge in [0.1, 0.15) is 12.4 Å². The molecule has 0 radical (unpaired) electrons. The molecular formula is C15H13Cl3N2O2. The summed E-state index contributed by atoms with van der Waals surface area (Å²) >= 11 is 17.9. The summed E-state index contributed by atoms with van der Waals surface area (Å²) in [5.74, 6) is 0.570. The van der Waals surface area contributed by atoms with Crippen LogP contribution >= 0.6 is 34.8 Å². The van der Waals surface area contributed by atoms with Crippen molar-refractivity contribution < 1.29 is 9.53 Å². The lowest BCUT2D eigenvalue weighted by Gasteiger charge is -2.11. The number of halogens is 3. The Hall–Kier alpha value is -1.62. The Labute approximate surface area is 143 Å². The average molecular weight is 360 g/mol. The maximum absolute atomic E-state index is 11.8. The van der Waals surface area contributed by atoms with E-state index in [0.29, 0.717) is 33.0 Å². The lowest BCUT2D eigenvalue weighted by Crippen LogP contribution is -2.32. The van der Waals surface area contributed by atoms with Crippen molar-refractivity contribution in [1.29, 1.82) is 0 Å². The first kappa shape index (κ1) is 16.7. The van der Waals surface area contributed by atoms with Crippen LogP contribution in [0.3, 0.4) is 0 Å². The van der Waals surface area contributed by atoms with E-state index in [9.17, 15) is 4.79 Å². The van der Waals surface area contributed by atoms with E-state index in [4.69, 9.17) is 39.5 Å². The summed E-state index contributed by atoms with van der Waals surface area (Å²) in [6, 6.07) is 11.7. The monoisotopic (exact) mass is 358 g/mol. The number of para-hydroxylation sites is 2. The fourth-order valence-corrected chi connectivity index (χ4v) is 2.34. The Balaban J connectivity index is 1.78. The molecule has 0 bridgehead atoms. The van der Waals surface area contributed by atoms with E-state index in [1.807, 2.05) is 12.1 Å². The molecule has 0 aromatic heterocycles. The van der Waals surface area contributed by atoms with Crippen molar-refractivity contribution in [2.75, 3.05) is 18.5 Å². The average Bonchev–Trinajstić information content (AvgIpc) is 2.49. The van der Waals surface area contributed by atoms with Crippen LogP contribution in [0.1, 0.15) is 0 Å². The Morgan fingerprint density at radius 1 is 0.955 bits per heavy atom. The summed E-state index contributed by atoms with van der Waals surface area (Å²) in [6.45, 7) is 0.590. The molecule has 0 aliphatic rings. The molecule has 0 unspecified atom stereocenters. The Morgan fingerprint density at radius 2 is 1.59 bits per heavy atom. The van der Waals surface area contributed by atoms with Crippen LogP contribution in [0.15, 0.2) is 42.5 Å². The van der Waals surface area contributed by atoms with Crippen LogP contribution in [0.25, 0.3) is 0 Å². The number of carbonyl (C=O) groups is 1. The van der Waals surface area contributed by atoms with Crippen molar-refractivity contribution in [1.82, 2.24) is 5.32 Å². The van der Waals surface area contributed by atoms with E-state index in [-0.39, 0.29) is 6.61 Å². The Morgan fingerprint density at radius 3 is 2.27 bits per heavy atom. The molecule has 22 heavy (non-hydrogen) atoms. The molecule has 2 rings (SSSR count). The van der Waals surface area contributed by atoms with E-state index >= 15 is 0 Å². The van der Waals surface area contributed by atoms with Crippen LogP contribution in [0.5, 0.6) is 5.75 Å². The maximum atomic E-state index is 11.8. The molecule has 2 aromatic carbocycles. The summed E-state index contributed by atoms with van der Waals surface area (Å²) in [5.41, 5.74) is 0.371. The maximum Gasteiger partial charge on any atom is 0.319 e. The molecule has 2 aromatic rings. The first-order chi connectivity index (χ1) is 10.6. The zero-order chi connectivity index (χ0) is 15.9.